The third kappa shape index (κ3) is 4.02. The first-order valence-electron chi connectivity index (χ1n) is 13.6. The molecule has 41 heavy (non-hydrogen) atoms. The van der Waals surface area contributed by atoms with Crippen molar-refractivity contribution in [1.82, 2.24) is 10.2 Å². The largest absolute Gasteiger partial charge is 0.508 e. The first-order chi connectivity index (χ1) is 19.4. The lowest BCUT2D eigenvalue weighted by atomic mass is 9.57. The summed E-state index contributed by atoms with van der Waals surface area (Å²) in [6.45, 7) is 3.43. The number of likely N-dealkylation sites (N-methyl/N-ethyl adjacent to an activating group) is 1. The number of aliphatic hydroxyl groups excluding tert-OH is 2. The highest BCUT2D eigenvalue weighted by Gasteiger charge is 2.64. The maximum absolute atomic E-state index is 14.1. The molecule has 7 N–H and O–H groups in total. The molecule has 3 aliphatic rings. The lowest BCUT2D eigenvalue weighted by molar-refractivity contribution is -0.153. The first kappa shape index (κ1) is 28.6. The van der Waals surface area contributed by atoms with Crippen molar-refractivity contribution in [3.63, 3.8) is 0 Å². The van der Waals surface area contributed by atoms with Crippen molar-refractivity contribution in [1.29, 1.82) is 0 Å². The van der Waals surface area contributed by atoms with E-state index in [1.807, 2.05) is 12.1 Å². The number of aromatic hydroxyl groups is 1. The second-order valence-electron chi connectivity index (χ2n) is 11.3. The molecule has 0 saturated heterocycles. The highest BCUT2D eigenvalue weighted by molar-refractivity contribution is 6.24. The number of aliphatic hydroxyl groups is 3. The summed E-state index contributed by atoms with van der Waals surface area (Å²) >= 11 is 0. The summed E-state index contributed by atoms with van der Waals surface area (Å²) in [5.41, 5.74) is 3.04. The lowest BCUT2D eigenvalue weighted by Crippen LogP contribution is -2.65. The molecule has 1 fully saturated rings. The van der Waals surface area contributed by atoms with E-state index in [2.05, 4.69) is 12.2 Å². The Morgan fingerprint density at radius 2 is 1.90 bits per heavy atom. The summed E-state index contributed by atoms with van der Waals surface area (Å²) < 4.78 is 5.78. The Labute approximate surface area is 236 Å². The summed E-state index contributed by atoms with van der Waals surface area (Å²) in [7, 11) is 4.61. The van der Waals surface area contributed by atoms with Crippen molar-refractivity contribution >= 4 is 34.0 Å². The molecule has 0 spiro atoms. The van der Waals surface area contributed by atoms with Gasteiger partial charge in [-0.1, -0.05) is 19.1 Å². The average Bonchev–Trinajstić information content (AvgIpc) is 2.91. The maximum Gasteiger partial charge on any atom is 0.255 e. The van der Waals surface area contributed by atoms with Crippen LogP contribution in [0.15, 0.2) is 35.1 Å². The molecular weight excluding hydrogens is 530 g/mol. The van der Waals surface area contributed by atoms with Gasteiger partial charge in [-0.15, -0.1) is 0 Å². The number of Topliss-reactive ketones (excluding diaryl/α,β-unsaturated/α-hetero) is 2. The van der Waals surface area contributed by atoms with Crippen molar-refractivity contribution in [2.75, 3.05) is 27.7 Å². The number of ether oxygens (including phenoxy) is 1. The summed E-state index contributed by atoms with van der Waals surface area (Å²) in [6, 6.07) is 4.41. The zero-order valence-electron chi connectivity index (χ0n) is 23.4. The number of phenols is 1. The second kappa shape index (κ2) is 10.2. The van der Waals surface area contributed by atoms with Crippen LogP contribution < -0.4 is 15.8 Å². The van der Waals surface area contributed by atoms with Crippen LogP contribution in [0.2, 0.25) is 0 Å². The Hall–Kier alpha value is -3.93. The van der Waals surface area contributed by atoms with Gasteiger partial charge in [-0.25, -0.2) is 0 Å². The number of ketones is 2. The van der Waals surface area contributed by atoms with Gasteiger partial charge in [-0.3, -0.25) is 19.3 Å². The minimum absolute atomic E-state index is 0.00399. The number of nitrogens with two attached hydrogens (primary N) is 1. The lowest BCUT2D eigenvalue weighted by Gasteiger charge is -2.50. The topological polar surface area (TPSA) is 183 Å². The normalized spacial score (nSPS) is 25.9. The molecule has 0 aliphatic heterocycles. The number of carbonyl (C=O) groups excluding carboxylic acids is 3. The Morgan fingerprint density at radius 1 is 1.20 bits per heavy atom. The Balaban J connectivity index is 1.73. The van der Waals surface area contributed by atoms with Crippen LogP contribution in [-0.2, 0) is 27.3 Å². The highest BCUT2D eigenvalue weighted by Crippen LogP contribution is 2.55. The number of hydrogen-bond acceptors (Lipinski definition) is 10. The van der Waals surface area contributed by atoms with E-state index in [-0.39, 0.29) is 29.7 Å². The smallest absolute Gasteiger partial charge is 0.255 e. The van der Waals surface area contributed by atoms with E-state index in [1.165, 1.54) is 12.0 Å². The van der Waals surface area contributed by atoms with Crippen LogP contribution in [0.3, 0.4) is 0 Å². The van der Waals surface area contributed by atoms with Crippen LogP contribution in [0.25, 0.3) is 16.5 Å². The van der Waals surface area contributed by atoms with Gasteiger partial charge in [0.1, 0.15) is 28.6 Å². The Kier molecular flexibility index (Phi) is 7.09. The second-order valence-corrected chi connectivity index (χ2v) is 11.3. The van der Waals surface area contributed by atoms with Crippen LogP contribution >= 0.6 is 0 Å². The number of fused-ring (bicyclic) bond motifs is 4. The molecule has 4 atom stereocenters. The SMILES string of the molecule is CCCNCc1ccc2c(OC)c3c(c(O)c2c1)C(O)=C1C(=O)[C@]2(O)C(O)=C(C(N)=O)C(=O)[C@@H](N(C)C)[C@@H]2C[C@@H]1C3. The van der Waals surface area contributed by atoms with E-state index >= 15 is 0 Å². The molecule has 0 aromatic heterocycles. The average molecular weight is 566 g/mol. The van der Waals surface area contributed by atoms with Crippen molar-refractivity contribution in [3.8, 4) is 11.5 Å². The van der Waals surface area contributed by atoms with Gasteiger partial charge in [0.15, 0.2) is 11.4 Å². The molecule has 0 bridgehead atoms. The van der Waals surface area contributed by atoms with Crippen LogP contribution in [0.1, 0.15) is 36.5 Å². The van der Waals surface area contributed by atoms with Crippen molar-refractivity contribution < 1.29 is 39.5 Å². The predicted octanol–water partition coefficient (Wildman–Crippen LogP) is 1.63. The molecule has 0 heterocycles. The number of hydrogen-bond donors (Lipinski definition) is 6. The number of amides is 1. The number of nitrogens with zero attached hydrogens (tertiary/aromatic N) is 1. The van der Waals surface area contributed by atoms with Gasteiger partial charge in [-0.2, -0.15) is 0 Å². The Morgan fingerprint density at radius 3 is 2.51 bits per heavy atom. The van der Waals surface area contributed by atoms with Gasteiger partial charge in [0.05, 0.1) is 18.7 Å². The minimum atomic E-state index is -2.68. The van der Waals surface area contributed by atoms with Crippen molar-refractivity contribution in [2.45, 2.75) is 44.4 Å². The fraction of sp³-hybridized carbons (Fsp3) is 0.433. The molecule has 11 heteroatoms. The van der Waals surface area contributed by atoms with Gasteiger partial charge < -0.3 is 36.2 Å². The van der Waals surface area contributed by atoms with Gasteiger partial charge >= 0.3 is 0 Å². The zero-order chi connectivity index (χ0) is 30.0. The number of methoxy groups -OCH3 is 1. The van der Waals surface area contributed by atoms with Crippen LogP contribution in [0.4, 0.5) is 0 Å². The van der Waals surface area contributed by atoms with Gasteiger partial charge in [0, 0.05) is 34.4 Å². The molecule has 0 unspecified atom stereocenters. The molecule has 1 amide bonds. The third-order valence-electron chi connectivity index (χ3n) is 8.67. The number of benzene rings is 2. The molecule has 218 valence electrons. The molecule has 1 saturated carbocycles. The molecule has 2 aromatic carbocycles. The monoisotopic (exact) mass is 565 g/mol. The van der Waals surface area contributed by atoms with Crippen LogP contribution in [0.5, 0.6) is 11.5 Å². The molecule has 5 rings (SSSR count). The van der Waals surface area contributed by atoms with E-state index in [4.69, 9.17) is 10.5 Å². The van der Waals surface area contributed by atoms with Crippen molar-refractivity contribution in [3.05, 3.63) is 51.8 Å². The molecule has 3 aliphatic carbocycles. The molecule has 2 aromatic rings. The van der Waals surface area contributed by atoms with E-state index in [1.54, 1.807) is 20.2 Å². The van der Waals surface area contributed by atoms with Gasteiger partial charge in [0.25, 0.3) is 5.91 Å². The first-order valence-corrected chi connectivity index (χ1v) is 13.6. The molecular formula is C30H35N3O8. The predicted molar refractivity (Wildman–Crippen MR) is 150 cm³/mol. The number of primary amides is 1. The van der Waals surface area contributed by atoms with Gasteiger partial charge in [0.2, 0.25) is 5.78 Å². The van der Waals surface area contributed by atoms with Crippen molar-refractivity contribution in [2.24, 2.45) is 17.6 Å². The van der Waals surface area contributed by atoms with Crippen LogP contribution in [0, 0.1) is 11.8 Å². The molecule has 11 nitrogen and oxygen atoms in total. The number of phenolic OH excluding ortho intramolecular Hbond substituents is 1. The number of carbonyl (C=O) groups is 3. The summed E-state index contributed by atoms with van der Waals surface area (Å²) in [5, 5.41) is 50.2. The van der Waals surface area contributed by atoms with Crippen LogP contribution in [-0.4, -0.2) is 82.2 Å². The van der Waals surface area contributed by atoms with Gasteiger partial charge in [-0.05, 0) is 57.5 Å². The quantitative estimate of drug-likeness (QED) is 0.213. The summed E-state index contributed by atoms with van der Waals surface area (Å²) in [5.74, 6) is -6.41. The maximum atomic E-state index is 14.1. The number of nitrogens with one attached hydrogen (secondary N) is 1. The van der Waals surface area contributed by atoms with E-state index in [0.29, 0.717) is 28.6 Å². The minimum Gasteiger partial charge on any atom is -0.508 e. The zero-order valence-corrected chi connectivity index (χ0v) is 23.4. The van der Waals surface area contributed by atoms with E-state index < -0.39 is 58.0 Å². The summed E-state index contributed by atoms with van der Waals surface area (Å²) in [6.07, 6.45) is 1.12. The molecule has 0 radical (unpaired) electrons. The highest BCUT2D eigenvalue weighted by atomic mass is 16.5. The standard InChI is InChI=1S/C30H35N3O8/c1-5-8-32-12-13-6-7-15-16(9-13)23(34)20-17(26(15)41-4)10-14-11-18-22(33(2)3)25(36)21(29(31)39)28(38)30(18,40)27(37)19(14)24(20)35/h6-7,9,14,18,22,32,34-35,38,40H,5,8,10-12H2,1-4H3,(H2,31,39)/t14-,18-,22-,30-/m0/s1. The number of rotatable bonds is 7. The third-order valence-corrected chi connectivity index (χ3v) is 8.67. The van der Waals surface area contributed by atoms with E-state index in [0.717, 1.165) is 18.5 Å². The summed E-state index contributed by atoms with van der Waals surface area (Å²) in [4.78, 5) is 40.9. The van der Waals surface area contributed by atoms with E-state index in [9.17, 15) is 34.8 Å². The fourth-order valence-corrected chi connectivity index (χ4v) is 6.87. The fourth-order valence-electron chi connectivity index (χ4n) is 6.87. The Bertz CT molecular complexity index is 1560.